The average molecular weight is 340 g/mol. The number of fused-ring (bicyclic) bond motifs is 1. The molecule has 0 radical (unpaired) electrons. The number of carboxylic acids is 1. The highest BCUT2D eigenvalue weighted by Gasteiger charge is 2.17. The zero-order valence-corrected chi connectivity index (χ0v) is 13.5. The van der Waals surface area contributed by atoms with Crippen LogP contribution in [0.2, 0.25) is 0 Å². The van der Waals surface area contributed by atoms with E-state index in [0.29, 0.717) is 0 Å². The van der Waals surface area contributed by atoms with Gasteiger partial charge in [0.25, 0.3) is 0 Å². The van der Waals surface area contributed by atoms with Crippen LogP contribution in [0.4, 0.5) is 0 Å². The lowest BCUT2D eigenvalue weighted by atomic mass is 9.92. The third-order valence-electron chi connectivity index (χ3n) is 3.71. The second kappa shape index (κ2) is 7.56. The molecule has 7 nitrogen and oxygen atoms in total. The lowest BCUT2D eigenvalue weighted by molar-refractivity contribution is -0.137. The lowest BCUT2D eigenvalue weighted by Gasteiger charge is -2.16. The van der Waals surface area contributed by atoms with Gasteiger partial charge >= 0.3 is 5.97 Å². The molecule has 0 unspecified atom stereocenters. The fraction of sp³-hybridized carbons (Fsp3) is 0.467. The lowest BCUT2D eigenvalue weighted by Crippen LogP contribution is -2.33. The number of carbonyl (C=O) groups is 2. The maximum Gasteiger partial charge on any atom is 0.322 e. The first-order valence-corrected chi connectivity index (χ1v) is 8.97. The van der Waals surface area contributed by atoms with Crippen LogP contribution in [0.5, 0.6) is 0 Å². The van der Waals surface area contributed by atoms with Gasteiger partial charge in [-0.1, -0.05) is 6.07 Å². The van der Waals surface area contributed by atoms with Crippen molar-refractivity contribution in [3.8, 4) is 0 Å². The summed E-state index contributed by atoms with van der Waals surface area (Å²) in [6, 6.07) is 5.13. The van der Waals surface area contributed by atoms with E-state index < -0.39 is 28.4 Å². The molecule has 8 heteroatoms. The van der Waals surface area contributed by atoms with E-state index in [2.05, 4.69) is 10.0 Å². The van der Waals surface area contributed by atoms with Gasteiger partial charge in [0.15, 0.2) is 0 Å². The van der Waals surface area contributed by atoms with Crippen molar-refractivity contribution in [2.75, 3.05) is 13.1 Å². The number of hydrogen-bond acceptors (Lipinski definition) is 4. The topological polar surface area (TPSA) is 113 Å². The molecule has 0 aromatic heterocycles. The molecule has 2 rings (SSSR count). The van der Waals surface area contributed by atoms with E-state index in [1.807, 2.05) is 6.07 Å². The highest BCUT2D eigenvalue weighted by molar-refractivity contribution is 7.89. The van der Waals surface area contributed by atoms with Gasteiger partial charge in [-0.05, 0) is 48.9 Å². The van der Waals surface area contributed by atoms with Gasteiger partial charge in [0.1, 0.15) is 6.54 Å². The van der Waals surface area contributed by atoms with Crippen molar-refractivity contribution in [1.82, 2.24) is 10.0 Å². The van der Waals surface area contributed by atoms with Gasteiger partial charge in [-0.3, -0.25) is 9.59 Å². The normalized spacial score (nSPS) is 14.1. The maximum absolute atomic E-state index is 12.2. The fourth-order valence-corrected chi connectivity index (χ4v) is 3.60. The van der Waals surface area contributed by atoms with Crippen LogP contribution in [0.3, 0.4) is 0 Å². The van der Waals surface area contributed by atoms with Crippen LogP contribution in [0.15, 0.2) is 23.1 Å². The van der Waals surface area contributed by atoms with Crippen molar-refractivity contribution in [3.05, 3.63) is 29.3 Å². The van der Waals surface area contributed by atoms with Crippen LogP contribution in [0.1, 0.15) is 30.4 Å². The van der Waals surface area contributed by atoms with E-state index in [0.717, 1.165) is 31.2 Å². The van der Waals surface area contributed by atoms with Crippen LogP contribution in [-0.2, 0) is 32.5 Å². The Morgan fingerprint density at radius 2 is 1.83 bits per heavy atom. The number of aryl methyl sites for hydroxylation is 2. The molecule has 1 amide bonds. The summed E-state index contributed by atoms with van der Waals surface area (Å²) < 4.78 is 26.8. The van der Waals surface area contributed by atoms with Crippen LogP contribution in [0, 0.1) is 0 Å². The number of carbonyl (C=O) groups excluding carboxylic acids is 1. The first kappa shape index (κ1) is 17.4. The quantitative estimate of drug-likeness (QED) is 0.666. The molecule has 0 aliphatic heterocycles. The minimum Gasteiger partial charge on any atom is -0.480 e. The number of hydrogen-bond donors (Lipinski definition) is 3. The van der Waals surface area contributed by atoms with Crippen molar-refractivity contribution < 1.29 is 23.1 Å². The van der Waals surface area contributed by atoms with E-state index in [4.69, 9.17) is 5.11 Å². The number of aliphatic carboxylic acids is 1. The van der Waals surface area contributed by atoms with Gasteiger partial charge < -0.3 is 10.4 Å². The Labute approximate surface area is 135 Å². The number of benzene rings is 1. The molecule has 0 saturated heterocycles. The molecule has 0 saturated carbocycles. The third kappa shape index (κ3) is 5.04. The first-order chi connectivity index (χ1) is 10.9. The first-order valence-electron chi connectivity index (χ1n) is 7.48. The molecule has 0 spiro atoms. The van der Waals surface area contributed by atoms with Crippen LogP contribution in [-0.4, -0.2) is 38.5 Å². The maximum atomic E-state index is 12.2. The largest absolute Gasteiger partial charge is 0.480 e. The number of sulfonamides is 1. The highest BCUT2D eigenvalue weighted by Crippen LogP contribution is 2.23. The van der Waals surface area contributed by atoms with E-state index >= 15 is 0 Å². The van der Waals surface area contributed by atoms with Crippen molar-refractivity contribution in [2.45, 2.75) is 37.0 Å². The van der Waals surface area contributed by atoms with Gasteiger partial charge in [0.05, 0.1) is 4.90 Å². The summed E-state index contributed by atoms with van der Waals surface area (Å²) in [7, 11) is -3.67. The van der Waals surface area contributed by atoms with Gasteiger partial charge in [-0.25, -0.2) is 13.1 Å². The van der Waals surface area contributed by atoms with Crippen LogP contribution >= 0.6 is 0 Å². The summed E-state index contributed by atoms with van der Waals surface area (Å²) in [5, 5.41) is 10.6. The molecule has 23 heavy (non-hydrogen) atoms. The Morgan fingerprint density at radius 3 is 2.52 bits per heavy atom. The second-order valence-corrected chi connectivity index (χ2v) is 7.22. The fourth-order valence-electron chi connectivity index (χ4n) is 2.52. The Morgan fingerprint density at radius 1 is 1.13 bits per heavy atom. The molecular formula is C15H20N2O5S. The monoisotopic (exact) mass is 340 g/mol. The second-order valence-electron chi connectivity index (χ2n) is 5.46. The Bertz CT molecular complexity index is 700. The number of nitrogens with one attached hydrogen (secondary N) is 2. The predicted octanol–water partition coefficient (Wildman–Crippen LogP) is 0.435. The van der Waals surface area contributed by atoms with Gasteiger partial charge in [-0.15, -0.1) is 0 Å². The van der Waals surface area contributed by atoms with Crippen molar-refractivity contribution in [2.24, 2.45) is 0 Å². The standard InChI is InChI=1S/C15H20N2O5S/c18-14(16-10-15(19)20)7-8-17-23(21,22)13-6-5-11-3-1-2-4-12(11)9-13/h5-6,9,17H,1-4,7-8,10H2,(H,16,18)(H,19,20). The molecule has 0 atom stereocenters. The summed E-state index contributed by atoms with van der Waals surface area (Å²) >= 11 is 0. The molecule has 1 aromatic carbocycles. The highest BCUT2D eigenvalue weighted by atomic mass is 32.2. The SMILES string of the molecule is O=C(O)CNC(=O)CCNS(=O)(=O)c1ccc2c(c1)CCCC2. The summed E-state index contributed by atoms with van der Waals surface area (Å²) in [6.07, 6.45) is 3.94. The minimum atomic E-state index is -3.67. The van der Waals surface area contributed by atoms with E-state index in [9.17, 15) is 18.0 Å². The van der Waals surface area contributed by atoms with Crippen molar-refractivity contribution in [3.63, 3.8) is 0 Å². The third-order valence-corrected chi connectivity index (χ3v) is 5.17. The molecule has 1 aromatic rings. The molecule has 3 N–H and O–H groups in total. The predicted molar refractivity (Wildman–Crippen MR) is 83.5 cm³/mol. The summed E-state index contributed by atoms with van der Waals surface area (Å²) in [5.41, 5.74) is 2.27. The van der Waals surface area contributed by atoms with Gasteiger partial charge in [0, 0.05) is 13.0 Å². The average Bonchev–Trinajstić information content (AvgIpc) is 2.52. The van der Waals surface area contributed by atoms with Crippen LogP contribution < -0.4 is 10.0 Å². The van der Waals surface area contributed by atoms with Crippen molar-refractivity contribution in [1.29, 1.82) is 0 Å². The molecule has 1 aliphatic carbocycles. The Kier molecular flexibility index (Phi) is 5.73. The molecule has 126 valence electrons. The number of carboxylic acid groups (broad SMARTS) is 1. The van der Waals surface area contributed by atoms with E-state index in [1.54, 1.807) is 12.1 Å². The summed E-state index contributed by atoms with van der Waals surface area (Å²) in [6.45, 7) is -0.554. The molecule has 0 fully saturated rings. The van der Waals surface area contributed by atoms with Gasteiger partial charge in [-0.2, -0.15) is 0 Å². The molecular weight excluding hydrogens is 320 g/mol. The minimum absolute atomic E-state index is 0.0785. The summed E-state index contributed by atoms with van der Waals surface area (Å²) in [4.78, 5) is 21.9. The molecule has 1 aliphatic rings. The Balaban J connectivity index is 1.91. The van der Waals surface area contributed by atoms with Crippen LogP contribution in [0.25, 0.3) is 0 Å². The Hall–Kier alpha value is -1.93. The summed E-state index contributed by atoms with van der Waals surface area (Å²) in [5.74, 6) is -1.66. The van der Waals surface area contributed by atoms with E-state index in [-0.39, 0.29) is 17.9 Å². The zero-order chi connectivity index (χ0) is 16.9. The molecule has 0 heterocycles. The van der Waals surface area contributed by atoms with Crippen molar-refractivity contribution >= 4 is 21.9 Å². The zero-order valence-electron chi connectivity index (χ0n) is 12.7. The smallest absolute Gasteiger partial charge is 0.322 e. The van der Waals surface area contributed by atoms with Gasteiger partial charge in [0.2, 0.25) is 15.9 Å². The molecule has 0 bridgehead atoms. The number of amides is 1. The van der Waals surface area contributed by atoms with E-state index in [1.165, 1.54) is 5.56 Å². The number of rotatable bonds is 7.